The lowest BCUT2D eigenvalue weighted by Crippen LogP contribution is -2.42. The van der Waals surface area contributed by atoms with E-state index in [0.29, 0.717) is 18.7 Å². The van der Waals surface area contributed by atoms with Crippen LogP contribution < -0.4 is 0 Å². The number of carbonyl (C=O) groups excluding carboxylic acids is 2. The van der Waals surface area contributed by atoms with E-state index in [-0.39, 0.29) is 36.7 Å². The van der Waals surface area contributed by atoms with Crippen LogP contribution in [0.3, 0.4) is 0 Å². The van der Waals surface area contributed by atoms with Crippen molar-refractivity contribution >= 4 is 11.7 Å². The SMILES string of the molecule is O=C(CCC(=O)N1CCOC(c2ccccc2F)C1)c1ccccc1F. The smallest absolute Gasteiger partial charge is 0.223 e. The summed E-state index contributed by atoms with van der Waals surface area (Å²) in [5, 5.41) is 0. The molecule has 1 unspecified atom stereocenters. The Morgan fingerprint density at radius 1 is 1.00 bits per heavy atom. The normalized spacial score (nSPS) is 17.2. The first kappa shape index (κ1) is 18.2. The summed E-state index contributed by atoms with van der Waals surface area (Å²) in [6.07, 6.45) is -0.616. The lowest BCUT2D eigenvalue weighted by atomic mass is 10.0. The molecule has 0 saturated carbocycles. The predicted molar refractivity (Wildman–Crippen MR) is 91.6 cm³/mol. The van der Waals surface area contributed by atoms with E-state index in [1.54, 1.807) is 29.2 Å². The first-order chi connectivity index (χ1) is 12.6. The highest BCUT2D eigenvalue weighted by molar-refractivity contribution is 5.98. The van der Waals surface area contributed by atoms with Crippen LogP contribution in [0.2, 0.25) is 0 Å². The second-order valence-corrected chi connectivity index (χ2v) is 6.12. The molecule has 6 heteroatoms. The average Bonchev–Trinajstić information content (AvgIpc) is 2.66. The fourth-order valence-corrected chi connectivity index (χ4v) is 3.00. The van der Waals surface area contributed by atoms with Gasteiger partial charge in [-0.1, -0.05) is 30.3 Å². The molecule has 0 aliphatic carbocycles. The maximum absolute atomic E-state index is 13.9. The van der Waals surface area contributed by atoms with Gasteiger partial charge in [0.05, 0.1) is 18.7 Å². The number of carbonyl (C=O) groups is 2. The number of morpholine rings is 1. The number of rotatable bonds is 5. The topological polar surface area (TPSA) is 46.6 Å². The molecule has 2 aromatic rings. The predicted octanol–water partition coefficient (Wildman–Crippen LogP) is 3.53. The Kier molecular flexibility index (Phi) is 5.73. The minimum atomic E-state index is -0.587. The van der Waals surface area contributed by atoms with E-state index in [9.17, 15) is 18.4 Å². The zero-order chi connectivity index (χ0) is 18.5. The molecule has 1 heterocycles. The molecule has 136 valence electrons. The van der Waals surface area contributed by atoms with Gasteiger partial charge in [-0.25, -0.2) is 8.78 Å². The third-order valence-corrected chi connectivity index (χ3v) is 4.41. The molecule has 1 fully saturated rings. The molecular weight excluding hydrogens is 340 g/mol. The fourth-order valence-electron chi connectivity index (χ4n) is 3.00. The minimum absolute atomic E-state index is 0.00786. The quantitative estimate of drug-likeness (QED) is 0.768. The molecule has 1 amide bonds. The summed E-state index contributed by atoms with van der Waals surface area (Å²) >= 11 is 0. The van der Waals surface area contributed by atoms with Gasteiger partial charge in [-0.15, -0.1) is 0 Å². The van der Waals surface area contributed by atoms with E-state index in [0.717, 1.165) is 0 Å². The van der Waals surface area contributed by atoms with Gasteiger partial charge in [0.1, 0.15) is 17.7 Å². The van der Waals surface area contributed by atoms with Crippen LogP contribution in [0.1, 0.15) is 34.9 Å². The summed E-state index contributed by atoms with van der Waals surface area (Å²) in [5.74, 6) is -1.59. The number of nitrogens with zero attached hydrogens (tertiary/aromatic N) is 1. The molecule has 1 aliphatic rings. The molecule has 26 heavy (non-hydrogen) atoms. The lowest BCUT2D eigenvalue weighted by molar-refractivity contribution is -0.139. The van der Waals surface area contributed by atoms with E-state index < -0.39 is 17.7 Å². The van der Waals surface area contributed by atoms with E-state index in [2.05, 4.69) is 0 Å². The van der Waals surface area contributed by atoms with Gasteiger partial charge < -0.3 is 9.64 Å². The van der Waals surface area contributed by atoms with E-state index in [1.807, 2.05) is 0 Å². The number of benzene rings is 2. The summed E-state index contributed by atoms with van der Waals surface area (Å²) in [6.45, 7) is 0.914. The number of Topliss-reactive ketones (excluding diaryl/α,β-unsaturated/α-hetero) is 1. The van der Waals surface area contributed by atoms with Crippen LogP contribution in [0.4, 0.5) is 8.78 Å². The number of ether oxygens (including phenoxy) is 1. The van der Waals surface area contributed by atoms with Crippen LogP contribution in [0.25, 0.3) is 0 Å². The summed E-state index contributed by atoms with van der Waals surface area (Å²) in [6, 6.07) is 12.0. The molecule has 1 atom stereocenters. The summed E-state index contributed by atoms with van der Waals surface area (Å²) < 4.78 is 33.1. The van der Waals surface area contributed by atoms with Gasteiger partial charge >= 0.3 is 0 Å². The third kappa shape index (κ3) is 4.14. The Hall–Kier alpha value is -2.60. The Labute approximate surface area is 150 Å². The van der Waals surface area contributed by atoms with Crippen LogP contribution in [-0.2, 0) is 9.53 Å². The maximum atomic E-state index is 13.9. The molecule has 1 saturated heterocycles. The first-order valence-electron chi connectivity index (χ1n) is 8.48. The second kappa shape index (κ2) is 8.19. The second-order valence-electron chi connectivity index (χ2n) is 6.12. The number of amides is 1. The van der Waals surface area contributed by atoms with E-state index in [1.165, 1.54) is 24.3 Å². The van der Waals surface area contributed by atoms with Gasteiger partial charge in [-0.2, -0.15) is 0 Å². The molecule has 0 spiro atoms. The molecule has 3 rings (SSSR count). The first-order valence-corrected chi connectivity index (χ1v) is 8.48. The Morgan fingerprint density at radius 2 is 1.69 bits per heavy atom. The highest BCUT2D eigenvalue weighted by Crippen LogP contribution is 2.25. The van der Waals surface area contributed by atoms with Crippen LogP contribution in [-0.4, -0.2) is 36.3 Å². The molecular formula is C20H19F2NO3. The fraction of sp³-hybridized carbons (Fsp3) is 0.300. The third-order valence-electron chi connectivity index (χ3n) is 4.41. The lowest BCUT2D eigenvalue weighted by Gasteiger charge is -2.33. The van der Waals surface area contributed by atoms with Gasteiger partial charge in [-0.05, 0) is 18.2 Å². The van der Waals surface area contributed by atoms with Crippen molar-refractivity contribution in [3.8, 4) is 0 Å². The van der Waals surface area contributed by atoms with Gasteiger partial charge in [0, 0.05) is 24.9 Å². The van der Waals surface area contributed by atoms with Crippen molar-refractivity contribution in [1.82, 2.24) is 4.90 Å². The monoisotopic (exact) mass is 359 g/mol. The zero-order valence-corrected chi connectivity index (χ0v) is 14.2. The van der Waals surface area contributed by atoms with Crippen molar-refractivity contribution in [1.29, 1.82) is 0 Å². The molecule has 0 radical (unpaired) electrons. The van der Waals surface area contributed by atoms with Gasteiger partial charge in [-0.3, -0.25) is 9.59 Å². The molecule has 0 N–H and O–H groups in total. The molecule has 2 aromatic carbocycles. The largest absolute Gasteiger partial charge is 0.370 e. The van der Waals surface area contributed by atoms with Gasteiger partial charge in [0.15, 0.2) is 5.78 Å². The Morgan fingerprint density at radius 3 is 2.42 bits per heavy atom. The minimum Gasteiger partial charge on any atom is -0.370 e. The van der Waals surface area contributed by atoms with Crippen molar-refractivity contribution in [2.75, 3.05) is 19.7 Å². The van der Waals surface area contributed by atoms with Crippen molar-refractivity contribution < 1.29 is 23.1 Å². The molecule has 0 bridgehead atoms. The number of ketones is 1. The van der Waals surface area contributed by atoms with E-state index in [4.69, 9.17) is 4.74 Å². The van der Waals surface area contributed by atoms with Crippen molar-refractivity contribution in [3.63, 3.8) is 0 Å². The highest BCUT2D eigenvalue weighted by atomic mass is 19.1. The van der Waals surface area contributed by atoms with Crippen LogP contribution in [0.5, 0.6) is 0 Å². The summed E-state index contributed by atoms with van der Waals surface area (Å²) in [4.78, 5) is 26.1. The van der Waals surface area contributed by atoms with E-state index >= 15 is 0 Å². The Balaban J connectivity index is 1.59. The standard InChI is InChI=1S/C20H19F2NO3/c21-16-7-3-1-5-14(16)18(24)9-10-20(25)23-11-12-26-19(13-23)15-6-2-4-8-17(15)22/h1-8,19H,9-13H2. The molecule has 4 nitrogen and oxygen atoms in total. The van der Waals surface area contributed by atoms with Gasteiger partial charge in [0.2, 0.25) is 5.91 Å². The van der Waals surface area contributed by atoms with Crippen molar-refractivity contribution in [2.45, 2.75) is 18.9 Å². The average molecular weight is 359 g/mol. The summed E-state index contributed by atoms with van der Waals surface area (Å²) in [5.41, 5.74) is 0.402. The van der Waals surface area contributed by atoms with Crippen molar-refractivity contribution in [2.24, 2.45) is 0 Å². The number of hydrogen-bond acceptors (Lipinski definition) is 3. The Bertz CT molecular complexity index is 809. The summed E-state index contributed by atoms with van der Waals surface area (Å²) in [7, 11) is 0. The van der Waals surface area contributed by atoms with Crippen LogP contribution >= 0.6 is 0 Å². The van der Waals surface area contributed by atoms with Crippen molar-refractivity contribution in [3.05, 3.63) is 71.3 Å². The number of halogens is 2. The maximum Gasteiger partial charge on any atom is 0.223 e. The van der Waals surface area contributed by atoms with Crippen LogP contribution in [0.15, 0.2) is 48.5 Å². The highest BCUT2D eigenvalue weighted by Gasteiger charge is 2.27. The zero-order valence-electron chi connectivity index (χ0n) is 14.2. The van der Waals surface area contributed by atoms with Crippen LogP contribution in [0, 0.1) is 11.6 Å². The van der Waals surface area contributed by atoms with Gasteiger partial charge in [0.25, 0.3) is 0 Å². The molecule has 1 aliphatic heterocycles. The molecule has 0 aromatic heterocycles. The number of hydrogen-bond donors (Lipinski definition) is 0.